The Kier molecular flexibility index (Phi) is 2.87. The molecule has 1 aromatic rings. The Morgan fingerprint density at radius 1 is 1.32 bits per heavy atom. The largest absolute Gasteiger partial charge is 0.367 e. The smallest absolute Gasteiger partial charge is 0.180 e. The van der Waals surface area contributed by atoms with E-state index in [-0.39, 0.29) is 11.3 Å². The molecule has 19 heavy (non-hydrogen) atoms. The highest BCUT2D eigenvalue weighted by Crippen LogP contribution is 2.45. The van der Waals surface area contributed by atoms with E-state index in [1.807, 2.05) is 12.1 Å². The number of nitrogens with two attached hydrogens (primary N) is 1. The van der Waals surface area contributed by atoms with Crippen LogP contribution in [-0.2, 0) is 9.84 Å². The maximum Gasteiger partial charge on any atom is 0.180 e. The SMILES string of the molecule is CCS(=O)(=O)c1ccccc1N1CC(N)(C2CC2)C1. The molecule has 3 rings (SSSR count). The highest BCUT2D eigenvalue weighted by Gasteiger charge is 2.50. The minimum absolute atomic E-state index is 0.0942. The van der Waals surface area contributed by atoms with Gasteiger partial charge < -0.3 is 10.6 Å². The molecule has 0 atom stereocenters. The normalized spacial score (nSPS) is 22.1. The van der Waals surface area contributed by atoms with Crippen LogP contribution < -0.4 is 10.6 Å². The Labute approximate surface area is 114 Å². The van der Waals surface area contributed by atoms with Crippen LogP contribution in [0.1, 0.15) is 19.8 Å². The van der Waals surface area contributed by atoms with E-state index in [9.17, 15) is 8.42 Å². The Morgan fingerprint density at radius 3 is 2.53 bits per heavy atom. The first-order chi connectivity index (χ1) is 8.96. The van der Waals surface area contributed by atoms with E-state index >= 15 is 0 Å². The number of anilines is 1. The molecule has 1 aliphatic heterocycles. The van der Waals surface area contributed by atoms with Crippen molar-refractivity contribution < 1.29 is 8.42 Å². The monoisotopic (exact) mass is 280 g/mol. The zero-order valence-electron chi connectivity index (χ0n) is 11.2. The fraction of sp³-hybridized carbons (Fsp3) is 0.571. The molecule has 0 unspecified atom stereocenters. The summed E-state index contributed by atoms with van der Waals surface area (Å²) in [5.74, 6) is 0.771. The average molecular weight is 280 g/mol. The number of sulfone groups is 1. The zero-order valence-corrected chi connectivity index (χ0v) is 12.0. The molecule has 2 fully saturated rings. The third kappa shape index (κ3) is 2.15. The molecule has 1 saturated carbocycles. The molecule has 0 spiro atoms. The number of rotatable bonds is 4. The van der Waals surface area contributed by atoms with Crippen LogP contribution in [0.25, 0.3) is 0 Å². The Balaban J connectivity index is 1.87. The number of para-hydroxylation sites is 1. The lowest BCUT2D eigenvalue weighted by Gasteiger charge is -2.50. The van der Waals surface area contributed by atoms with Gasteiger partial charge in [0.25, 0.3) is 0 Å². The molecule has 0 radical (unpaired) electrons. The summed E-state index contributed by atoms with van der Waals surface area (Å²) in [5.41, 5.74) is 7.05. The van der Waals surface area contributed by atoms with E-state index in [1.54, 1.807) is 19.1 Å². The van der Waals surface area contributed by atoms with Crippen LogP contribution in [-0.4, -0.2) is 32.8 Å². The van der Waals surface area contributed by atoms with Crippen molar-refractivity contribution in [3.8, 4) is 0 Å². The van der Waals surface area contributed by atoms with Gasteiger partial charge in [-0.3, -0.25) is 0 Å². The lowest BCUT2D eigenvalue weighted by atomic mass is 9.85. The molecule has 1 aromatic carbocycles. The standard InChI is InChI=1S/C14H20N2O2S/c1-2-19(17,18)13-6-4-3-5-12(13)16-9-14(15,10-16)11-7-8-11/h3-6,11H,2,7-10,15H2,1H3. The van der Waals surface area contributed by atoms with Crippen molar-refractivity contribution in [1.29, 1.82) is 0 Å². The molecule has 0 amide bonds. The molecular formula is C14H20N2O2S. The lowest BCUT2D eigenvalue weighted by molar-refractivity contribution is 0.290. The maximum absolute atomic E-state index is 12.1. The number of hydrogen-bond acceptors (Lipinski definition) is 4. The van der Waals surface area contributed by atoms with Gasteiger partial charge in [-0.15, -0.1) is 0 Å². The molecule has 4 nitrogen and oxygen atoms in total. The molecule has 1 aliphatic carbocycles. The Hall–Kier alpha value is -1.07. The van der Waals surface area contributed by atoms with Crippen molar-refractivity contribution in [3.63, 3.8) is 0 Å². The minimum Gasteiger partial charge on any atom is -0.367 e. The van der Waals surface area contributed by atoms with Crippen LogP contribution in [0.4, 0.5) is 5.69 Å². The van der Waals surface area contributed by atoms with Gasteiger partial charge >= 0.3 is 0 Å². The summed E-state index contributed by atoms with van der Waals surface area (Å²) in [6, 6.07) is 7.25. The summed E-state index contributed by atoms with van der Waals surface area (Å²) < 4.78 is 24.2. The number of nitrogens with zero attached hydrogens (tertiary/aromatic N) is 1. The second kappa shape index (κ2) is 4.21. The van der Waals surface area contributed by atoms with Crippen molar-refractivity contribution in [2.24, 2.45) is 11.7 Å². The first-order valence-corrected chi connectivity index (χ1v) is 8.47. The fourth-order valence-corrected chi connectivity index (χ4v) is 4.00. The van der Waals surface area contributed by atoms with E-state index in [0.29, 0.717) is 10.8 Å². The summed E-state index contributed by atoms with van der Waals surface area (Å²) in [6.45, 7) is 3.22. The van der Waals surface area contributed by atoms with Gasteiger partial charge in [0, 0.05) is 13.1 Å². The van der Waals surface area contributed by atoms with Gasteiger partial charge in [0.05, 0.1) is 21.9 Å². The van der Waals surface area contributed by atoms with E-state index in [2.05, 4.69) is 4.90 Å². The predicted octanol–water partition coefficient (Wildman–Crippen LogP) is 1.41. The third-order valence-corrected chi connectivity index (χ3v) is 6.06. The Bertz CT molecular complexity index is 587. The average Bonchev–Trinajstić information content (AvgIpc) is 3.19. The van der Waals surface area contributed by atoms with Crippen LogP contribution in [0.15, 0.2) is 29.2 Å². The van der Waals surface area contributed by atoms with Gasteiger partial charge in [-0.05, 0) is 30.9 Å². The van der Waals surface area contributed by atoms with E-state index in [1.165, 1.54) is 12.8 Å². The van der Waals surface area contributed by atoms with E-state index < -0.39 is 9.84 Å². The summed E-state index contributed by atoms with van der Waals surface area (Å²) in [6.07, 6.45) is 2.44. The van der Waals surface area contributed by atoms with Crippen LogP contribution >= 0.6 is 0 Å². The van der Waals surface area contributed by atoms with E-state index in [0.717, 1.165) is 18.8 Å². The summed E-state index contributed by atoms with van der Waals surface area (Å²) >= 11 is 0. The highest BCUT2D eigenvalue weighted by molar-refractivity contribution is 7.91. The zero-order chi connectivity index (χ0) is 13.7. The summed E-state index contributed by atoms with van der Waals surface area (Å²) in [7, 11) is -3.17. The molecule has 0 bridgehead atoms. The summed E-state index contributed by atoms with van der Waals surface area (Å²) in [4.78, 5) is 2.54. The maximum atomic E-state index is 12.1. The highest BCUT2D eigenvalue weighted by atomic mass is 32.2. The number of benzene rings is 1. The minimum atomic E-state index is -3.17. The van der Waals surface area contributed by atoms with Crippen LogP contribution in [0.3, 0.4) is 0 Å². The van der Waals surface area contributed by atoms with Crippen LogP contribution in [0, 0.1) is 5.92 Å². The van der Waals surface area contributed by atoms with Crippen molar-refractivity contribution >= 4 is 15.5 Å². The summed E-state index contributed by atoms with van der Waals surface area (Å²) in [5, 5.41) is 0. The Morgan fingerprint density at radius 2 is 1.95 bits per heavy atom. The van der Waals surface area contributed by atoms with Gasteiger partial charge in [-0.25, -0.2) is 8.42 Å². The first-order valence-electron chi connectivity index (χ1n) is 6.82. The van der Waals surface area contributed by atoms with Crippen LogP contribution in [0.5, 0.6) is 0 Å². The van der Waals surface area contributed by atoms with Gasteiger partial charge in [-0.1, -0.05) is 19.1 Å². The predicted molar refractivity (Wildman–Crippen MR) is 76.0 cm³/mol. The molecule has 5 heteroatoms. The molecular weight excluding hydrogens is 260 g/mol. The molecule has 1 heterocycles. The van der Waals surface area contributed by atoms with Crippen molar-refractivity contribution in [2.75, 3.05) is 23.7 Å². The van der Waals surface area contributed by atoms with Crippen LogP contribution in [0.2, 0.25) is 0 Å². The van der Waals surface area contributed by atoms with Gasteiger partial charge in [0.2, 0.25) is 0 Å². The number of hydrogen-bond donors (Lipinski definition) is 1. The quantitative estimate of drug-likeness (QED) is 0.905. The lowest BCUT2D eigenvalue weighted by Crippen LogP contribution is -2.69. The fourth-order valence-electron chi connectivity index (χ4n) is 2.89. The van der Waals surface area contributed by atoms with Crippen molar-refractivity contribution in [1.82, 2.24) is 0 Å². The van der Waals surface area contributed by atoms with E-state index in [4.69, 9.17) is 5.73 Å². The molecule has 2 aliphatic rings. The molecule has 0 aromatic heterocycles. The van der Waals surface area contributed by atoms with Gasteiger partial charge in [-0.2, -0.15) is 0 Å². The molecule has 2 N–H and O–H groups in total. The first kappa shape index (κ1) is 12.9. The topological polar surface area (TPSA) is 63.4 Å². The molecule has 1 saturated heterocycles. The molecule has 104 valence electrons. The van der Waals surface area contributed by atoms with Gasteiger partial charge in [0.15, 0.2) is 9.84 Å². The second-order valence-electron chi connectivity index (χ2n) is 5.73. The second-order valence-corrected chi connectivity index (χ2v) is 7.98. The van der Waals surface area contributed by atoms with Crippen molar-refractivity contribution in [3.05, 3.63) is 24.3 Å². The third-order valence-electron chi connectivity index (χ3n) is 4.28. The van der Waals surface area contributed by atoms with Gasteiger partial charge in [0.1, 0.15) is 0 Å². The van der Waals surface area contributed by atoms with Crippen molar-refractivity contribution in [2.45, 2.75) is 30.2 Å².